The molecular weight excluding hydrogens is 374 g/mol. The molecule has 0 fully saturated rings. The fourth-order valence-electron chi connectivity index (χ4n) is 2.95. The van der Waals surface area contributed by atoms with Crippen LogP contribution in [0.25, 0.3) is 0 Å². The lowest BCUT2D eigenvalue weighted by atomic mass is 10.0. The number of carbonyl (C=O) groups excluding carboxylic acids is 1. The van der Waals surface area contributed by atoms with Crippen LogP contribution in [0.15, 0.2) is 6.07 Å². The van der Waals surface area contributed by atoms with Gasteiger partial charge in [-0.2, -0.15) is 5.26 Å². The highest BCUT2D eigenvalue weighted by atomic mass is 16.1. The molecule has 6 nitrogen and oxygen atoms in total. The molecule has 0 saturated carbocycles. The molecule has 0 spiro atoms. The smallest absolute Gasteiger partial charge is 0.226 e. The van der Waals surface area contributed by atoms with E-state index in [-0.39, 0.29) is 5.91 Å². The summed E-state index contributed by atoms with van der Waals surface area (Å²) < 4.78 is 0. The minimum absolute atomic E-state index is 0.0878. The number of hydrogen-bond acceptors (Lipinski definition) is 5. The van der Waals surface area contributed by atoms with Crippen molar-refractivity contribution in [3.05, 3.63) is 17.5 Å². The molecule has 1 amide bonds. The standard InChI is InChI=1S/C12H18N4.C12H25NO/c1-4-5-6-7-16(3)12-14-10(2)8-11(9-13)15-12;1-11(2)9-7-5-4-6-8-10-13-12(3)14/h8H,4-7H2,1-3H3;11H,4-10H2,1-3H3,(H,13,14). The Balaban J connectivity index is 0.000000567. The van der Waals surface area contributed by atoms with E-state index in [2.05, 4.69) is 42.1 Å². The van der Waals surface area contributed by atoms with E-state index in [0.717, 1.165) is 37.5 Å². The van der Waals surface area contributed by atoms with Crippen molar-refractivity contribution in [2.75, 3.05) is 25.0 Å². The van der Waals surface area contributed by atoms with Crippen LogP contribution >= 0.6 is 0 Å². The minimum Gasteiger partial charge on any atom is -0.356 e. The van der Waals surface area contributed by atoms with Crippen LogP contribution < -0.4 is 10.2 Å². The number of carbonyl (C=O) groups is 1. The van der Waals surface area contributed by atoms with Crippen LogP contribution in [0.4, 0.5) is 5.95 Å². The van der Waals surface area contributed by atoms with Gasteiger partial charge in [-0.3, -0.25) is 4.79 Å². The first-order valence-electron chi connectivity index (χ1n) is 11.5. The second-order valence-corrected chi connectivity index (χ2v) is 8.37. The average molecular weight is 418 g/mol. The Morgan fingerprint density at radius 3 is 2.40 bits per heavy atom. The van der Waals surface area contributed by atoms with Crippen LogP contribution in [0.2, 0.25) is 0 Å². The summed E-state index contributed by atoms with van der Waals surface area (Å²) in [5.74, 6) is 1.58. The summed E-state index contributed by atoms with van der Waals surface area (Å²) in [5, 5.41) is 11.6. The van der Waals surface area contributed by atoms with Gasteiger partial charge in [0.2, 0.25) is 11.9 Å². The first-order valence-corrected chi connectivity index (χ1v) is 11.5. The van der Waals surface area contributed by atoms with Crippen molar-refractivity contribution in [2.45, 2.75) is 92.4 Å². The third-order valence-electron chi connectivity index (χ3n) is 4.73. The first kappa shape index (κ1) is 27.8. The number of hydrogen-bond donors (Lipinski definition) is 1. The normalized spacial score (nSPS) is 10.2. The summed E-state index contributed by atoms with van der Waals surface area (Å²) in [6.07, 6.45) is 11.3. The second kappa shape index (κ2) is 17.7. The molecule has 0 radical (unpaired) electrons. The summed E-state index contributed by atoms with van der Waals surface area (Å²) in [6, 6.07) is 3.75. The fraction of sp³-hybridized carbons (Fsp3) is 0.750. The third kappa shape index (κ3) is 15.7. The minimum atomic E-state index is 0.0878. The predicted molar refractivity (Wildman–Crippen MR) is 126 cm³/mol. The maximum atomic E-state index is 10.5. The number of rotatable bonds is 13. The van der Waals surface area contributed by atoms with Crippen molar-refractivity contribution in [1.29, 1.82) is 5.26 Å². The average Bonchev–Trinajstić information content (AvgIpc) is 2.69. The molecule has 0 aliphatic carbocycles. The number of unbranched alkanes of at least 4 members (excludes halogenated alkanes) is 6. The molecule has 1 heterocycles. The van der Waals surface area contributed by atoms with Crippen molar-refractivity contribution < 1.29 is 4.79 Å². The summed E-state index contributed by atoms with van der Waals surface area (Å²) in [7, 11) is 1.96. The summed E-state index contributed by atoms with van der Waals surface area (Å²) in [4.78, 5) is 21.1. The Morgan fingerprint density at radius 1 is 1.13 bits per heavy atom. The van der Waals surface area contributed by atoms with E-state index < -0.39 is 0 Å². The highest BCUT2D eigenvalue weighted by molar-refractivity contribution is 5.72. The monoisotopic (exact) mass is 417 g/mol. The number of aryl methyl sites for hydroxylation is 1. The topological polar surface area (TPSA) is 81.9 Å². The number of anilines is 1. The van der Waals surface area contributed by atoms with Gasteiger partial charge in [-0.1, -0.05) is 65.7 Å². The third-order valence-corrected chi connectivity index (χ3v) is 4.73. The van der Waals surface area contributed by atoms with Gasteiger partial charge in [0.05, 0.1) is 0 Å². The van der Waals surface area contributed by atoms with Gasteiger partial charge in [0.1, 0.15) is 11.8 Å². The van der Waals surface area contributed by atoms with E-state index in [9.17, 15) is 4.79 Å². The van der Waals surface area contributed by atoms with E-state index in [1.54, 1.807) is 13.0 Å². The van der Waals surface area contributed by atoms with Gasteiger partial charge in [0.25, 0.3) is 0 Å². The first-order chi connectivity index (χ1) is 14.3. The molecule has 1 aromatic rings. The number of aromatic nitrogens is 2. The highest BCUT2D eigenvalue weighted by Gasteiger charge is 2.06. The lowest BCUT2D eigenvalue weighted by molar-refractivity contribution is -0.118. The lowest BCUT2D eigenvalue weighted by Gasteiger charge is -2.17. The van der Waals surface area contributed by atoms with Crippen LogP contribution in [-0.4, -0.2) is 36.0 Å². The summed E-state index contributed by atoms with van der Waals surface area (Å²) in [5.41, 5.74) is 1.27. The van der Waals surface area contributed by atoms with Gasteiger partial charge in [-0.15, -0.1) is 0 Å². The summed E-state index contributed by atoms with van der Waals surface area (Å²) >= 11 is 0. The number of nitrogens with one attached hydrogen (secondary N) is 1. The number of nitrogens with zero attached hydrogens (tertiary/aromatic N) is 4. The molecule has 30 heavy (non-hydrogen) atoms. The maximum absolute atomic E-state index is 10.5. The molecule has 170 valence electrons. The molecule has 0 aliphatic heterocycles. The molecule has 0 atom stereocenters. The van der Waals surface area contributed by atoms with Crippen molar-refractivity contribution >= 4 is 11.9 Å². The van der Waals surface area contributed by atoms with Gasteiger partial charge in [-0.25, -0.2) is 9.97 Å². The van der Waals surface area contributed by atoms with Crippen molar-refractivity contribution in [2.24, 2.45) is 5.92 Å². The zero-order chi connectivity index (χ0) is 22.8. The molecule has 1 rings (SSSR count). The van der Waals surface area contributed by atoms with Crippen LogP contribution in [0.3, 0.4) is 0 Å². The molecule has 0 unspecified atom stereocenters. The highest BCUT2D eigenvalue weighted by Crippen LogP contribution is 2.10. The molecule has 6 heteroatoms. The van der Waals surface area contributed by atoms with Crippen molar-refractivity contribution in [1.82, 2.24) is 15.3 Å². The van der Waals surface area contributed by atoms with Gasteiger partial charge < -0.3 is 10.2 Å². The van der Waals surface area contributed by atoms with Crippen LogP contribution in [0, 0.1) is 24.2 Å². The number of amides is 1. The van der Waals surface area contributed by atoms with Gasteiger partial charge in [0.15, 0.2) is 0 Å². The van der Waals surface area contributed by atoms with E-state index in [0.29, 0.717) is 11.6 Å². The molecule has 0 saturated heterocycles. The molecular formula is C24H43N5O. The Kier molecular flexibility index (Phi) is 16.4. The largest absolute Gasteiger partial charge is 0.356 e. The SMILES string of the molecule is CC(=O)NCCCCCCCC(C)C.CCCCCN(C)c1nc(C)cc(C#N)n1. The predicted octanol–water partition coefficient (Wildman–Crippen LogP) is 5.40. The van der Waals surface area contributed by atoms with Crippen LogP contribution in [0.5, 0.6) is 0 Å². The quantitative estimate of drug-likeness (QED) is 0.434. The van der Waals surface area contributed by atoms with Gasteiger partial charge in [-0.05, 0) is 31.7 Å². The van der Waals surface area contributed by atoms with E-state index in [1.807, 2.05) is 18.9 Å². The zero-order valence-electron chi connectivity index (χ0n) is 20.1. The van der Waals surface area contributed by atoms with Crippen molar-refractivity contribution in [3.63, 3.8) is 0 Å². The molecule has 0 aromatic carbocycles. The van der Waals surface area contributed by atoms with E-state index in [1.165, 1.54) is 44.9 Å². The van der Waals surface area contributed by atoms with Crippen LogP contribution in [-0.2, 0) is 4.79 Å². The molecule has 1 N–H and O–H groups in total. The Bertz CT molecular complexity index is 625. The summed E-state index contributed by atoms with van der Waals surface area (Å²) in [6.45, 7) is 12.0. The zero-order valence-corrected chi connectivity index (χ0v) is 20.1. The maximum Gasteiger partial charge on any atom is 0.226 e. The number of nitriles is 1. The van der Waals surface area contributed by atoms with E-state index in [4.69, 9.17) is 5.26 Å². The second-order valence-electron chi connectivity index (χ2n) is 8.37. The molecule has 0 aliphatic rings. The Morgan fingerprint density at radius 2 is 1.80 bits per heavy atom. The van der Waals surface area contributed by atoms with Crippen molar-refractivity contribution in [3.8, 4) is 6.07 Å². The van der Waals surface area contributed by atoms with Gasteiger partial charge >= 0.3 is 0 Å². The van der Waals surface area contributed by atoms with Crippen LogP contribution in [0.1, 0.15) is 96.9 Å². The fourth-order valence-corrected chi connectivity index (χ4v) is 2.95. The Labute approximate surface area is 184 Å². The molecule has 0 bridgehead atoms. The van der Waals surface area contributed by atoms with Gasteiger partial charge in [0, 0.05) is 32.8 Å². The lowest BCUT2D eigenvalue weighted by Crippen LogP contribution is -2.21. The van der Waals surface area contributed by atoms with E-state index >= 15 is 0 Å². The molecule has 1 aromatic heterocycles. The Hall–Kier alpha value is -2.16.